The lowest BCUT2D eigenvalue weighted by Gasteiger charge is -2.34. The molecule has 5 heteroatoms. The SMILES string of the molecule is CSc1cccc(Nc2cc(C(=O)N[C@@H]3CCC[C@H](C)[C@H]3C)c3ccccc3n2)c1. The van der Waals surface area contributed by atoms with Crippen LogP contribution in [0.1, 0.15) is 43.5 Å². The molecule has 1 aromatic heterocycles. The van der Waals surface area contributed by atoms with Gasteiger partial charge in [0.05, 0.1) is 11.1 Å². The van der Waals surface area contributed by atoms with Crippen molar-refractivity contribution in [3.8, 4) is 0 Å². The molecule has 0 unspecified atom stereocenters. The summed E-state index contributed by atoms with van der Waals surface area (Å²) in [5.74, 6) is 1.80. The molecule has 4 nitrogen and oxygen atoms in total. The van der Waals surface area contributed by atoms with Crippen molar-refractivity contribution in [3.63, 3.8) is 0 Å². The van der Waals surface area contributed by atoms with Gasteiger partial charge in [0.15, 0.2) is 0 Å². The highest BCUT2D eigenvalue weighted by Gasteiger charge is 2.28. The van der Waals surface area contributed by atoms with E-state index in [2.05, 4.69) is 42.9 Å². The lowest BCUT2D eigenvalue weighted by Crippen LogP contribution is -2.43. The Balaban J connectivity index is 1.65. The first-order valence-electron chi connectivity index (χ1n) is 10.7. The predicted molar refractivity (Wildman–Crippen MR) is 127 cm³/mol. The second kappa shape index (κ2) is 9.09. The second-order valence-corrected chi connectivity index (χ2v) is 9.16. The maximum absolute atomic E-state index is 13.3. The van der Waals surface area contributed by atoms with Crippen LogP contribution in [0, 0.1) is 11.8 Å². The van der Waals surface area contributed by atoms with Gasteiger partial charge in [0.25, 0.3) is 5.91 Å². The monoisotopic (exact) mass is 419 g/mol. The number of benzene rings is 2. The molecule has 3 atom stereocenters. The number of carbonyl (C=O) groups excluding carboxylic acids is 1. The van der Waals surface area contributed by atoms with Crippen molar-refractivity contribution >= 4 is 40.1 Å². The smallest absolute Gasteiger partial charge is 0.252 e. The first kappa shape index (κ1) is 20.7. The number of para-hydroxylation sites is 1. The van der Waals surface area contributed by atoms with E-state index < -0.39 is 0 Å². The standard InChI is InChI=1S/C25H29N3OS/c1-16-8-6-13-22(17(16)2)28-25(29)21-15-24(27-23-12-5-4-11-20(21)23)26-18-9-7-10-19(14-18)30-3/h4-5,7,9-12,14-17,22H,6,8,13H2,1-3H3,(H,26,27)(H,28,29)/t16-,17+,22+/m0/s1. The second-order valence-electron chi connectivity index (χ2n) is 8.28. The molecule has 30 heavy (non-hydrogen) atoms. The number of rotatable bonds is 5. The molecule has 2 N–H and O–H groups in total. The van der Waals surface area contributed by atoms with Crippen LogP contribution in [0.2, 0.25) is 0 Å². The molecule has 1 aliphatic carbocycles. The summed E-state index contributed by atoms with van der Waals surface area (Å²) in [6.45, 7) is 4.54. The van der Waals surface area contributed by atoms with Crippen LogP contribution in [0.15, 0.2) is 59.5 Å². The van der Waals surface area contributed by atoms with Crippen LogP contribution in [-0.4, -0.2) is 23.2 Å². The zero-order chi connectivity index (χ0) is 21.1. The number of fused-ring (bicyclic) bond motifs is 1. The van der Waals surface area contributed by atoms with Crippen molar-refractivity contribution in [2.24, 2.45) is 11.8 Å². The molecule has 0 spiro atoms. The van der Waals surface area contributed by atoms with Gasteiger partial charge in [-0.15, -0.1) is 11.8 Å². The molecular weight excluding hydrogens is 390 g/mol. The van der Waals surface area contributed by atoms with Crippen LogP contribution < -0.4 is 10.6 Å². The predicted octanol–water partition coefficient (Wildman–Crippen LogP) is 6.25. The van der Waals surface area contributed by atoms with E-state index >= 15 is 0 Å². The number of hydrogen-bond acceptors (Lipinski definition) is 4. The molecule has 156 valence electrons. The molecule has 0 saturated heterocycles. The van der Waals surface area contributed by atoms with Gasteiger partial charge in [-0.25, -0.2) is 4.98 Å². The normalized spacial score (nSPS) is 21.4. The molecule has 1 amide bonds. The summed E-state index contributed by atoms with van der Waals surface area (Å²) in [5.41, 5.74) is 2.46. The van der Waals surface area contributed by atoms with Gasteiger partial charge in [0.1, 0.15) is 5.82 Å². The van der Waals surface area contributed by atoms with E-state index in [4.69, 9.17) is 4.98 Å². The van der Waals surface area contributed by atoms with E-state index in [1.54, 1.807) is 11.8 Å². The van der Waals surface area contributed by atoms with Gasteiger partial charge in [-0.1, -0.05) is 51.0 Å². The van der Waals surface area contributed by atoms with Gasteiger partial charge in [-0.3, -0.25) is 4.79 Å². The Morgan fingerprint density at radius 2 is 1.90 bits per heavy atom. The summed E-state index contributed by atoms with van der Waals surface area (Å²) in [6.07, 6.45) is 5.52. The van der Waals surface area contributed by atoms with Gasteiger partial charge >= 0.3 is 0 Å². The van der Waals surface area contributed by atoms with Crippen molar-refractivity contribution in [2.75, 3.05) is 11.6 Å². The van der Waals surface area contributed by atoms with Gasteiger partial charge in [-0.05, 0) is 54.8 Å². The zero-order valence-corrected chi connectivity index (χ0v) is 18.6. The topological polar surface area (TPSA) is 54.0 Å². The highest BCUT2D eigenvalue weighted by Crippen LogP contribution is 2.30. The van der Waals surface area contributed by atoms with E-state index in [1.165, 1.54) is 17.7 Å². The number of amides is 1. The molecule has 0 radical (unpaired) electrons. The zero-order valence-electron chi connectivity index (χ0n) is 17.8. The van der Waals surface area contributed by atoms with Crippen molar-refractivity contribution in [1.29, 1.82) is 0 Å². The van der Waals surface area contributed by atoms with Crippen LogP contribution in [0.25, 0.3) is 10.9 Å². The van der Waals surface area contributed by atoms with E-state index in [-0.39, 0.29) is 11.9 Å². The maximum Gasteiger partial charge on any atom is 0.252 e. The minimum absolute atomic E-state index is 0.0135. The molecule has 3 aromatic rings. The van der Waals surface area contributed by atoms with Gasteiger partial charge < -0.3 is 10.6 Å². The molecule has 4 rings (SSSR count). The summed E-state index contributed by atoms with van der Waals surface area (Å²) in [7, 11) is 0. The van der Waals surface area contributed by atoms with E-state index in [1.807, 2.05) is 42.5 Å². The molecule has 1 fully saturated rings. The Morgan fingerprint density at radius 1 is 1.07 bits per heavy atom. The number of nitrogens with one attached hydrogen (secondary N) is 2. The Kier molecular flexibility index (Phi) is 6.28. The number of hydrogen-bond donors (Lipinski definition) is 2. The fourth-order valence-corrected chi connectivity index (χ4v) is 4.77. The molecular formula is C25H29N3OS. The molecule has 2 aromatic carbocycles. The third kappa shape index (κ3) is 4.46. The minimum Gasteiger partial charge on any atom is -0.349 e. The van der Waals surface area contributed by atoms with Crippen molar-refractivity contribution in [1.82, 2.24) is 10.3 Å². The first-order valence-corrected chi connectivity index (χ1v) is 11.9. The van der Waals surface area contributed by atoms with Gasteiger partial charge in [-0.2, -0.15) is 0 Å². The highest BCUT2D eigenvalue weighted by atomic mass is 32.2. The number of nitrogens with zero attached hydrogens (tertiary/aromatic N) is 1. The van der Waals surface area contributed by atoms with Crippen molar-refractivity contribution < 1.29 is 4.79 Å². The van der Waals surface area contributed by atoms with Crippen molar-refractivity contribution in [3.05, 3.63) is 60.2 Å². The van der Waals surface area contributed by atoms with Crippen LogP contribution >= 0.6 is 11.8 Å². The maximum atomic E-state index is 13.3. The number of thioether (sulfide) groups is 1. The number of pyridine rings is 1. The average molecular weight is 420 g/mol. The summed E-state index contributed by atoms with van der Waals surface area (Å²) in [5, 5.41) is 7.58. The molecule has 0 bridgehead atoms. The number of aromatic nitrogens is 1. The first-order chi connectivity index (χ1) is 14.5. The lowest BCUT2D eigenvalue weighted by atomic mass is 9.78. The Bertz CT molecular complexity index is 1050. The fraction of sp³-hybridized carbons (Fsp3) is 0.360. The third-order valence-electron chi connectivity index (χ3n) is 6.33. The van der Waals surface area contributed by atoms with Crippen molar-refractivity contribution in [2.45, 2.75) is 44.0 Å². The summed E-state index contributed by atoms with van der Waals surface area (Å²) in [6, 6.07) is 18.2. The largest absolute Gasteiger partial charge is 0.349 e. The van der Waals surface area contributed by atoms with Crippen LogP contribution in [0.5, 0.6) is 0 Å². The van der Waals surface area contributed by atoms with Crippen LogP contribution in [0.3, 0.4) is 0 Å². The fourth-order valence-electron chi connectivity index (χ4n) is 4.31. The Morgan fingerprint density at radius 3 is 2.73 bits per heavy atom. The lowest BCUT2D eigenvalue weighted by molar-refractivity contribution is 0.0892. The summed E-state index contributed by atoms with van der Waals surface area (Å²) in [4.78, 5) is 19.2. The minimum atomic E-state index is -0.0135. The van der Waals surface area contributed by atoms with E-state index in [9.17, 15) is 4.79 Å². The highest BCUT2D eigenvalue weighted by molar-refractivity contribution is 7.98. The number of carbonyl (C=O) groups is 1. The molecule has 0 aliphatic heterocycles. The third-order valence-corrected chi connectivity index (χ3v) is 7.05. The average Bonchev–Trinajstić information content (AvgIpc) is 2.76. The van der Waals surface area contributed by atoms with Gasteiger partial charge in [0.2, 0.25) is 0 Å². The van der Waals surface area contributed by atoms with Crippen LogP contribution in [-0.2, 0) is 0 Å². The molecule has 1 aliphatic rings. The van der Waals surface area contributed by atoms with Gasteiger partial charge in [0, 0.05) is 22.0 Å². The van der Waals surface area contributed by atoms with Crippen LogP contribution in [0.4, 0.5) is 11.5 Å². The summed E-state index contributed by atoms with van der Waals surface area (Å²) < 4.78 is 0. The number of anilines is 2. The summed E-state index contributed by atoms with van der Waals surface area (Å²) >= 11 is 1.70. The Labute approximate surface area is 182 Å². The van der Waals surface area contributed by atoms with E-state index in [0.717, 1.165) is 23.0 Å². The Hall–Kier alpha value is -2.53. The van der Waals surface area contributed by atoms with E-state index in [0.29, 0.717) is 23.2 Å². The molecule has 1 saturated carbocycles. The quantitative estimate of drug-likeness (QED) is 0.480. The molecule has 1 heterocycles.